The predicted octanol–water partition coefficient (Wildman–Crippen LogP) is 3.08. The van der Waals surface area contributed by atoms with Gasteiger partial charge in [-0.2, -0.15) is 0 Å². The van der Waals surface area contributed by atoms with Gasteiger partial charge in [-0.1, -0.05) is 11.6 Å². The Morgan fingerprint density at radius 3 is 2.90 bits per heavy atom. The summed E-state index contributed by atoms with van der Waals surface area (Å²) >= 11 is 7.16. The largest absolute Gasteiger partial charge is 0.481 e. The number of nitrogens with zero attached hydrogens (tertiary/aromatic N) is 2. The minimum Gasteiger partial charge on any atom is -0.481 e. The van der Waals surface area contributed by atoms with Crippen LogP contribution in [0, 0.1) is 10.1 Å². The lowest BCUT2D eigenvalue weighted by atomic mass is 10.3. The molecule has 1 heterocycles. The molecule has 0 aliphatic carbocycles. The number of carbonyl (C=O) groups is 1. The van der Waals surface area contributed by atoms with Crippen LogP contribution in [0.1, 0.15) is 5.69 Å². The van der Waals surface area contributed by atoms with Crippen molar-refractivity contribution in [2.24, 2.45) is 0 Å². The lowest BCUT2D eigenvalue weighted by Gasteiger charge is -2.04. The number of carboxylic acids is 1. The average Bonchev–Trinajstić information content (AvgIpc) is 2.78. The Labute approximate surface area is 122 Å². The SMILES string of the molecule is O=C(O)Cc1csc(Nc2ccc([N+](=O)[O-])cc2Cl)n1. The number of nitrogens with one attached hydrogen (secondary N) is 1. The van der Waals surface area contributed by atoms with Crippen molar-refractivity contribution in [2.45, 2.75) is 6.42 Å². The highest BCUT2D eigenvalue weighted by molar-refractivity contribution is 7.13. The van der Waals surface area contributed by atoms with E-state index < -0.39 is 10.9 Å². The molecular weight excluding hydrogens is 306 g/mol. The maximum absolute atomic E-state index is 10.6. The van der Waals surface area contributed by atoms with Gasteiger partial charge in [0.15, 0.2) is 5.13 Å². The molecule has 7 nitrogen and oxygen atoms in total. The van der Waals surface area contributed by atoms with E-state index in [0.717, 1.165) is 0 Å². The molecule has 20 heavy (non-hydrogen) atoms. The van der Waals surface area contributed by atoms with Crippen molar-refractivity contribution in [3.05, 3.63) is 44.4 Å². The van der Waals surface area contributed by atoms with Gasteiger partial charge < -0.3 is 10.4 Å². The molecule has 0 amide bonds. The minimum absolute atomic E-state index is 0.105. The number of nitro groups is 1. The third-order valence-electron chi connectivity index (χ3n) is 2.29. The molecule has 0 aliphatic heterocycles. The van der Waals surface area contributed by atoms with Crippen LogP contribution in [-0.2, 0) is 11.2 Å². The van der Waals surface area contributed by atoms with Gasteiger partial charge in [0.1, 0.15) is 0 Å². The van der Waals surface area contributed by atoms with E-state index in [1.807, 2.05) is 0 Å². The van der Waals surface area contributed by atoms with Gasteiger partial charge in [0.25, 0.3) is 5.69 Å². The van der Waals surface area contributed by atoms with Gasteiger partial charge >= 0.3 is 5.97 Å². The Morgan fingerprint density at radius 1 is 1.55 bits per heavy atom. The molecule has 0 aliphatic rings. The number of benzene rings is 1. The molecule has 9 heteroatoms. The van der Waals surface area contributed by atoms with E-state index in [1.165, 1.54) is 29.5 Å². The Bertz CT molecular complexity index is 673. The van der Waals surface area contributed by atoms with Gasteiger partial charge in [0.2, 0.25) is 0 Å². The third kappa shape index (κ3) is 3.43. The van der Waals surface area contributed by atoms with E-state index in [4.69, 9.17) is 16.7 Å². The van der Waals surface area contributed by atoms with Crippen LogP contribution in [-0.4, -0.2) is 21.0 Å². The second kappa shape index (κ2) is 5.85. The molecule has 0 atom stereocenters. The van der Waals surface area contributed by atoms with Crippen LogP contribution in [0.2, 0.25) is 5.02 Å². The first-order valence-electron chi connectivity index (χ1n) is 5.33. The normalized spacial score (nSPS) is 10.2. The molecule has 0 saturated carbocycles. The number of thiazole rings is 1. The number of rotatable bonds is 5. The summed E-state index contributed by atoms with van der Waals surface area (Å²) < 4.78 is 0. The van der Waals surface area contributed by atoms with Crippen molar-refractivity contribution in [2.75, 3.05) is 5.32 Å². The first kappa shape index (κ1) is 14.2. The zero-order chi connectivity index (χ0) is 14.7. The Kier molecular flexibility index (Phi) is 4.16. The first-order chi connectivity index (χ1) is 9.45. The van der Waals surface area contributed by atoms with Gasteiger partial charge in [0.05, 0.1) is 27.7 Å². The Morgan fingerprint density at radius 2 is 2.30 bits per heavy atom. The average molecular weight is 314 g/mol. The van der Waals surface area contributed by atoms with Crippen LogP contribution in [0.15, 0.2) is 23.6 Å². The number of hydrogen-bond donors (Lipinski definition) is 2. The van der Waals surface area contributed by atoms with Crippen molar-refractivity contribution >= 4 is 45.4 Å². The molecule has 0 saturated heterocycles. The fraction of sp³-hybridized carbons (Fsp3) is 0.0909. The number of non-ortho nitro benzene ring substituents is 1. The quantitative estimate of drug-likeness (QED) is 0.649. The van der Waals surface area contributed by atoms with Crippen LogP contribution >= 0.6 is 22.9 Å². The van der Waals surface area contributed by atoms with Crippen molar-refractivity contribution in [3.63, 3.8) is 0 Å². The van der Waals surface area contributed by atoms with Crippen LogP contribution < -0.4 is 5.32 Å². The summed E-state index contributed by atoms with van der Waals surface area (Å²) in [5.74, 6) is -0.963. The fourth-order valence-electron chi connectivity index (χ4n) is 1.43. The summed E-state index contributed by atoms with van der Waals surface area (Å²) in [5, 5.41) is 24.4. The lowest BCUT2D eigenvalue weighted by Crippen LogP contribution is -2.00. The number of anilines is 2. The molecule has 0 spiro atoms. The Balaban J connectivity index is 2.15. The van der Waals surface area contributed by atoms with Gasteiger partial charge in [-0.15, -0.1) is 11.3 Å². The number of aliphatic carboxylic acids is 1. The molecule has 2 aromatic rings. The topological polar surface area (TPSA) is 105 Å². The predicted molar refractivity (Wildman–Crippen MR) is 74.8 cm³/mol. The molecule has 1 aromatic heterocycles. The molecule has 0 bridgehead atoms. The molecule has 1 aromatic carbocycles. The van der Waals surface area contributed by atoms with Crippen molar-refractivity contribution in [1.82, 2.24) is 4.98 Å². The number of halogens is 1. The van der Waals surface area contributed by atoms with E-state index in [1.54, 1.807) is 5.38 Å². The number of aromatic nitrogens is 1. The number of hydrogen-bond acceptors (Lipinski definition) is 6. The van der Waals surface area contributed by atoms with Gasteiger partial charge in [-0.05, 0) is 6.07 Å². The molecular formula is C11H8ClN3O4S. The fourth-order valence-corrected chi connectivity index (χ4v) is 2.38. The van der Waals surface area contributed by atoms with Crippen LogP contribution in [0.3, 0.4) is 0 Å². The van der Waals surface area contributed by atoms with Crippen LogP contribution in [0.25, 0.3) is 0 Å². The monoisotopic (exact) mass is 313 g/mol. The van der Waals surface area contributed by atoms with Gasteiger partial charge in [-0.25, -0.2) is 4.98 Å². The summed E-state index contributed by atoms with van der Waals surface area (Å²) in [6.45, 7) is 0. The number of nitro benzene ring substituents is 1. The molecule has 0 unspecified atom stereocenters. The summed E-state index contributed by atoms with van der Waals surface area (Å²) in [6.07, 6.45) is -0.161. The molecule has 104 valence electrons. The van der Waals surface area contributed by atoms with Crippen molar-refractivity contribution in [1.29, 1.82) is 0 Å². The van der Waals surface area contributed by atoms with E-state index in [9.17, 15) is 14.9 Å². The van der Waals surface area contributed by atoms with Gasteiger partial charge in [0, 0.05) is 17.5 Å². The summed E-state index contributed by atoms with van der Waals surface area (Å²) in [7, 11) is 0. The highest BCUT2D eigenvalue weighted by Gasteiger charge is 2.11. The Hall–Kier alpha value is -2.19. The minimum atomic E-state index is -0.963. The lowest BCUT2D eigenvalue weighted by molar-refractivity contribution is -0.384. The summed E-state index contributed by atoms with van der Waals surface area (Å²) in [4.78, 5) is 24.7. The van der Waals surface area contributed by atoms with E-state index in [-0.39, 0.29) is 17.1 Å². The highest BCUT2D eigenvalue weighted by Crippen LogP contribution is 2.30. The molecule has 0 fully saturated rings. The van der Waals surface area contributed by atoms with E-state index in [0.29, 0.717) is 16.5 Å². The zero-order valence-electron chi connectivity index (χ0n) is 9.87. The molecule has 2 N–H and O–H groups in total. The molecule has 2 rings (SSSR count). The molecule has 0 radical (unpaired) electrons. The van der Waals surface area contributed by atoms with E-state index >= 15 is 0 Å². The highest BCUT2D eigenvalue weighted by atomic mass is 35.5. The summed E-state index contributed by atoms with van der Waals surface area (Å²) in [5.41, 5.74) is 0.794. The number of carboxylic acid groups (broad SMARTS) is 1. The second-order valence-electron chi connectivity index (χ2n) is 3.76. The maximum atomic E-state index is 10.6. The van der Waals surface area contributed by atoms with Crippen LogP contribution in [0.5, 0.6) is 0 Å². The van der Waals surface area contributed by atoms with E-state index in [2.05, 4.69) is 10.3 Å². The van der Waals surface area contributed by atoms with Crippen molar-refractivity contribution in [3.8, 4) is 0 Å². The summed E-state index contributed by atoms with van der Waals surface area (Å²) in [6, 6.07) is 4.02. The standard InChI is InChI=1S/C11H8ClN3O4S/c12-8-4-7(15(18)19)1-2-9(8)14-11-13-6(5-20-11)3-10(16)17/h1-2,4-5H,3H2,(H,13,14)(H,16,17). The second-order valence-corrected chi connectivity index (χ2v) is 5.03. The van der Waals surface area contributed by atoms with Crippen LogP contribution in [0.4, 0.5) is 16.5 Å². The zero-order valence-corrected chi connectivity index (χ0v) is 11.4. The van der Waals surface area contributed by atoms with Gasteiger partial charge in [-0.3, -0.25) is 14.9 Å². The maximum Gasteiger partial charge on any atom is 0.309 e. The smallest absolute Gasteiger partial charge is 0.309 e. The van der Waals surface area contributed by atoms with Crippen molar-refractivity contribution < 1.29 is 14.8 Å². The third-order valence-corrected chi connectivity index (χ3v) is 3.41. The first-order valence-corrected chi connectivity index (χ1v) is 6.58.